The lowest BCUT2D eigenvalue weighted by Gasteiger charge is -2.45. The zero-order chi connectivity index (χ0) is 14.2. The first kappa shape index (κ1) is 14.1. The van der Waals surface area contributed by atoms with Crippen molar-refractivity contribution >= 4 is 21.4 Å². The number of fused-ring (bicyclic) bond motifs is 1. The van der Waals surface area contributed by atoms with E-state index in [0.29, 0.717) is 0 Å². The molecule has 3 heteroatoms. The molecule has 0 radical (unpaired) electrons. The molecule has 2 heterocycles. The molecule has 2 N–H and O–H groups in total. The largest absolute Gasteiger partial charge is 0.322 e. The van der Waals surface area contributed by atoms with Crippen LogP contribution < -0.4 is 5.73 Å². The highest BCUT2D eigenvalue weighted by Gasteiger charge is 2.35. The molecule has 108 valence electrons. The molecule has 2 aromatic rings. The summed E-state index contributed by atoms with van der Waals surface area (Å²) in [4.78, 5) is 2.58. The highest BCUT2D eigenvalue weighted by Crippen LogP contribution is 2.36. The van der Waals surface area contributed by atoms with Crippen LogP contribution in [0.25, 0.3) is 10.1 Å². The van der Waals surface area contributed by atoms with Crippen molar-refractivity contribution in [2.45, 2.75) is 44.7 Å². The molecule has 0 amide bonds. The molecule has 20 heavy (non-hydrogen) atoms. The van der Waals surface area contributed by atoms with Crippen LogP contribution in [0, 0.1) is 0 Å². The Bertz CT molecular complexity index is 581. The molecule has 1 aliphatic rings. The lowest BCUT2D eigenvalue weighted by Crippen LogP contribution is -2.53. The third-order valence-electron chi connectivity index (χ3n) is 4.78. The molecule has 0 spiro atoms. The maximum atomic E-state index is 6.69. The molecule has 1 fully saturated rings. The number of benzene rings is 1. The summed E-state index contributed by atoms with van der Waals surface area (Å²) in [7, 11) is 0. The van der Waals surface area contributed by atoms with Gasteiger partial charge < -0.3 is 5.73 Å². The number of piperidine rings is 1. The summed E-state index contributed by atoms with van der Waals surface area (Å²) in [5.41, 5.74) is 8.01. The molecular formula is C17H24N2S. The zero-order valence-corrected chi connectivity index (χ0v) is 13.2. The van der Waals surface area contributed by atoms with Gasteiger partial charge in [-0.1, -0.05) is 24.6 Å². The Morgan fingerprint density at radius 2 is 1.90 bits per heavy atom. The summed E-state index contributed by atoms with van der Waals surface area (Å²) in [6, 6.07) is 8.76. The Hall–Kier alpha value is -0.900. The number of rotatable bonds is 3. The van der Waals surface area contributed by atoms with Crippen molar-refractivity contribution in [1.82, 2.24) is 4.90 Å². The molecule has 1 saturated heterocycles. The fraction of sp³-hybridized carbons (Fsp3) is 0.529. The quantitative estimate of drug-likeness (QED) is 0.918. The first-order valence-corrected chi connectivity index (χ1v) is 8.45. The molecule has 1 unspecified atom stereocenters. The summed E-state index contributed by atoms with van der Waals surface area (Å²) in [6.07, 6.45) is 3.97. The maximum Gasteiger partial charge on any atom is 0.0491 e. The van der Waals surface area contributed by atoms with Crippen LogP contribution >= 0.6 is 11.3 Å². The third-order valence-corrected chi connectivity index (χ3v) is 5.76. The standard InChI is InChI=1S/C17H24N2S/c1-17(2,19-10-4-3-5-11-19)16(18)14-8-6-7-13-9-12-20-15(13)14/h6-9,12,16H,3-5,10-11,18H2,1-2H3. The number of nitrogens with zero attached hydrogens (tertiary/aromatic N) is 1. The number of hydrogen-bond acceptors (Lipinski definition) is 3. The van der Waals surface area contributed by atoms with Gasteiger partial charge in [-0.2, -0.15) is 0 Å². The van der Waals surface area contributed by atoms with E-state index in [1.54, 1.807) is 11.3 Å². The highest BCUT2D eigenvalue weighted by molar-refractivity contribution is 7.17. The van der Waals surface area contributed by atoms with E-state index in [1.165, 1.54) is 48.0 Å². The summed E-state index contributed by atoms with van der Waals surface area (Å²) in [6.45, 7) is 6.97. The van der Waals surface area contributed by atoms with Crippen molar-refractivity contribution in [3.8, 4) is 0 Å². The average molecular weight is 288 g/mol. The van der Waals surface area contributed by atoms with Crippen molar-refractivity contribution in [2.75, 3.05) is 13.1 Å². The van der Waals surface area contributed by atoms with E-state index in [4.69, 9.17) is 5.73 Å². The minimum Gasteiger partial charge on any atom is -0.322 e. The average Bonchev–Trinajstić information content (AvgIpc) is 2.95. The Morgan fingerprint density at radius 1 is 1.15 bits per heavy atom. The second-order valence-electron chi connectivity index (χ2n) is 6.37. The summed E-state index contributed by atoms with van der Waals surface area (Å²) in [5, 5.41) is 3.48. The van der Waals surface area contributed by atoms with Crippen molar-refractivity contribution in [2.24, 2.45) is 5.73 Å². The van der Waals surface area contributed by atoms with Crippen LogP contribution in [-0.4, -0.2) is 23.5 Å². The van der Waals surface area contributed by atoms with E-state index in [-0.39, 0.29) is 11.6 Å². The second-order valence-corrected chi connectivity index (χ2v) is 7.28. The smallest absolute Gasteiger partial charge is 0.0491 e. The maximum absolute atomic E-state index is 6.69. The first-order valence-electron chi connectivity index (χ1n) is 7.57. The fourth-order valence-corrected chi connectivity index (χ4v) is 4.26. The molecule has 0 bridgehead atoms. The first-order chi connectivity index (χ1) is 9.60. The van der Waals surface area contributed by atoms with Gasteiger partial charge in [-0.25, -0.2) is 0 Å². The number of likely N-dealkylation sites (tertiary alicyclic amines) is 1. The molecule has 0 saturated carbocycles. The summed E-state index contributed by atoms with van der Waals surface area (Å²) in [5.74, 6) is 0. The SMILES string of the molecule is CC(C)(C(N)c1cccc2ccsc12)N1CCCCC1. The van der Waals surface area contributed by atoms with Crippen molar-refractivity contribution in [3.63, 3.8) is 0 Å². The van der Waals surface area contributed by atoms with Crippen LogP contribution in [0.1, 0.15) is 44.7 Å². The molecule has 3 rings (SSSR count). The normalized spacial score (nSPS) is 19.4. The van der Waals surface area contributed by atoms with Gasteiger partial charge in [0.1, 0.15) is 0 Å². The summed E-state index contributed by atoms with van der Waals surface area (Å²) >= 11 is 1.81. The van der Waals surface area contributed by atoms with Crippen molar-refractivity contribution in [3.05, 3.63) is 35.2 Å². The number of nitrogens with two attached hydrogens (primary N) is 1. The second kappa shape index (κ2) is 5.47. The molecule has 1 aromatic carbocycles. The van der Waals surface area contributed by atoms with E-state index in [2.05, 4.69) is 48.4 Å². The highest BCUT2D eigenvalue weighted by atomic mass is 32.1. The molecular weight excluding hydrogens is 264 g/mol. The van der Waals surface area contributed by atoms with E-state index >= 15 is 0 Å². The van der Waals surface area contributed by atoms with Gasteiger partial charge in [-0.15, -0.1) is 11.3 Å². The van der Waals surface area contributed by atoms with Gasteiger partial charge in [-0.05, 0) is 62.2 Å². The van der Waals surface area contributed by atoms with Gasteiger partial charge in [0.25, 0.3) is 0 Å². The lowest BCUT2D eigenvalue weighted by atomic mass is 9.86. The van der Waals surface area contributed by atoms with E-state index in [9.17, 15) is 0 Å². The van der Waals surface area contributed by atoms with Gasteiger partial charge in [0, 0.05) is 16.3 Å². The van der Waals surface area contributed by atoms with E-state index < -0.39 is 0 Å². The zero-order valence-electron chi connectivity index (χ0n) is 12.4. The van der Waals surface area contributed by atoms with Crippen molar-refractivity contribution < 1.29 is 0 Å². The van der Waals surface area contributed by atoms with Gasteiger partial charge in [0.2, 0.25) is 0 Å². The van der Waals surface area contributed by atoms with Gasteiger partial charge in [-0.3, -0.25) is 4.90 Å². The van der Waals surface area contributed by atoms with Crippen LogP contribution in [0.2, 0.25) is 0 Å². The molecule has 1 atom stereocenters. The third kappa shape index (κ3) is 2.39. The van der Waals surface area contributed by atoms with Crippen molar-refractivity contribution in [1.29, 1.82) is 0 Å². The fourth-order valence-electron chi connectivity index (χ4n) is 3.31. The Balaban J connectivity index is 1.94. The Morgan fingerprint density at radius 3 is 2.65 bits per heavy atom. The lowest BCUT2D eigenvalue weighted by molar-refractivity contribution is 0.0734. The molecule has 2 nitrogen and oxygen atoms in total. The predicted octanol–water partition coefficient (Wildman–Crippen LogP) is 4.17. The molecule has 1 aromatic heterocycles. The van der Waals surface area contributed by atoms with Gasteiger partial charge in [0.05, 0.1) is 0 Å². The molecule has 1 aliphatic heterocycles. The van der Waals surface area contributed by atoms with Gasteiger partial charge >= 0.3 is 0 Å². The van der Waals surface area contributed by atoms with Crippen LogP contribution in [0.4, 0.5) is 0 Å². The monoisotopic (exact) mass is 288 g/mol. The topological polar surface area (TPSA) is 29.3 Å². The minimum atomic E-state index is 0.0126. The molecule has 0 aliphatic carbocycles. The van der Waals surface area contributed by atoms with Crippen LogP contribution in [0.3, 0.4) is 0 Å². The van der Waals surface area contributed by atoms with Crippen LogP contribution in [0.5, 0.6) is 0 Å². The summed E-state index contributed by atoms with van der Waals surface area (Å²) < 4.78 is 1.35. The minimum absolute atomic E-state index is 0.0126. The van der Waals surface area contributed by atoms with Crippen LogP contribution in [-0.2, 0) is 0 Å². The van der Waals surface area contributed by atoms with E-state index in [0.717, 1.165) is 0 Å². The number of hydrogen-bond donors (Lipinski definition) is 1. The van der Waals surface area contributed by atoms with E-state index in [1.807, 2.05) is 0 Å². The number of thiophene rings is 1. The van der Waals surface area contributed by atoms with Gasteiger partial charge in [0.15, 0.2) is 0 Å². The Labute approximate surface area is 125 Å². The predicted molar refractivity (Wildman–Crippen MR) is 88.3 cm³/mol. The van der Waals surface area contributed by atoms with Crippen LogP contribution in [0.15, 0.2) is 29.6 Å². The Kier molecular flexibility index (Phi) is 3.85.